The van der Waals surface area contributed by atoms with Gasteiger partial charge in [-0.05, 0) is 6.07 Å². The van der Waals surface area contributed by atoms with E-state index in [0.29, 0.717) is 4.90 Å². The Hall–Kier alpha value is -1.29. The van der Waals surface area contributed by atoms with Crippen molar-refractivity contribution in [3.63, 3.8) is 0 Å². The zero-order chi connectivity index (χ0) is 10.3. The number of rotatable bonds is 1. The summed E-state index contributed by atoms with van der Waals surface area (Å²) < 4.78 is 21.2. The average molecular weight is 208 g/mol. The third-order valence-corrected chi connectivity index (χ3v) is 3.44. The Morgan fingerprint density at radius 2 is 2.00 bits per heavy atom. The minimum Gasteiger partial charge on any atom is -0.349 e. The molecule has 0 radical (unpaired) electrons. The van der Waals surface area contributed by atoms with Gasteiger partial charge in [-0.2, -0.15) is 0 Å². The summed E-state index contributed by atoms with van der Waals surface area (Å²) in [5.41, 5.74) is 1.02. The van der Waals surface area contributed by atoms with Crippen LogP contribution in [0.2, 0.25) is 0 Å². The van der Waals surface area contributed by atoms with Crippen LogP contribution in [0.25, 0.3) is 10.9 Å². The highest BCUT2D eigenvalue weighted by atomic mass is 32.2. The highest BCUT2D eigenvalue weighted by molar-refractivity contribution is 7.92. The fourth-order valence-corrected chi connectivity index (χ4v) is 2.57. The van der Waals surface area contributed by atoms with Crippen LogP contribution in [0.5, 0.6) is 0 Å². The lowest BCUT2D eigenvalue weighted by Crippen LogP contribution is -1.92. The molecule has 0 bridgehead atoms. The van der Waals surface area contributed by atoms with Crippen molar-refractivity contribution in [2.75, 3.05) is 6.26 Å². The molecule has 1 heterocycles. The van der Waals surface area contributed by atoms with Gasteiger partial charge in [0.25, 0.3) is 0 Å². The maximum atomic E-state index is 11.7. The minimum absolute atomic E-state index is 0.621. The lowest BCUT2D eigenvalue weighted by molar-refractivity contribution is 0.679. The summed E-state index contributed by atoms with van der Waals surface area (Å²) in [6, 6.07) is 7.71. The van der Waals surface area contributed by atoms with Crippen molar-refractivity contribution in [3.05, 3.63) is 30.5 Å². The van der Waals surface area contributed by atoms with Gasteiger partial charge in [-0.15, -0.1) is 0 Å². The van der Waals surface area contributed by atoms with Crippen molar-refractivity contribution >= 4 is 20.6 Å². The monoisotopic (exact) mass is 208 g/mol. The van der Waals surface area contributed by atoms with Crippen LogP contribution in [-0.2, 0) is 16.8 Å². The summed E-state index contributed by atoms with van der Waals surface area (Å²) in [4.78, 5) is 0.621. The molecule has 1 aromatic carbocycles. The van der Waals surface area contributed by atoms with Gasteiger partial charge in [0.05, 0.1) is 14.6 Å². The van der Waals surface area contributed by atoms with E-state index in [0.717, 1.165) is 10.9 Å². The quantitative estimate of drug-likeness (QED) is 0.767. The second-order valence-corrected chi connectivity index (χ2v) is 5.59. The van der Waals surface area contributed by atoms with Gasteiger partial charge in [-0.1, -0.05) is 18.2 Å². The van der Waals surface area contributed by atoms with E-state index in [1.165, 1.54) is 6.26 Å². The Morgan fingerprint density at radius 3 is 2.64 bits per heavy atom. The van der Waals surface area contributed by atoms with Gasteiger partial charge in [0, 0.05) is 30.4 Å². The van der Waals surface area contributed by atoms with E-state index >= 15 is 0 Å². The summed E-state index contributed by atoms with van der Waals surface area (Å²) in [5.74, 6) is 0. The standard InChI is InChI=1S/C10H12N2OS/c1-12-7-10(14(2,11)13)8-5-3-4-6-9(8)12/h3-7,11H,1-2H3. The third-order valence-electron chi connectivity index (χ3n) is 2.28. The van der Waals surface area contributed by atoms with Crippen molar-refractivity contribution in [2.45, 2.75) is 4.90 Å². The maximum absolute atomic E-state index is 11.7. The fraction of sp³-hybridized carbons (Fsp3) is 0.200. The molecule has 1 N–H and O–H groups in total. The first-order valence-electron chi connectivity index (χ1n) is 4.28. The van der Waals surface area contributed by atoms with Gasteiger partial charge in [-0.25, -0.2) is 8.99 Å². The first-order chi connectivity index (χ1) is 6.50. The van der Waals surface area contributed by atoms with Crippen LogP contribution in [0.4, 0.5) is 0 Å². The van der Waals surface area contributed by atoms with Crippen molar-refractivity contribution < 1.29 is 4.21 Å². The summed E-state index contributed by atoms with van der Waals surface area (Å²) in [7, 11) is -0.730. The van der Waals surface area contributed by atoms with Crippen LogP contribution in [0.3, 0.4) is 0 Å². The molecule has 2 rings (SSSR count). The van der Waals surface area contributed by atoms with Crippen molar-refractivity contribution in [2.24, 2.45) is 7.05 Å². The molecule has 1 atom stereocenters. The number of para-hydroxylation sites is 1. The van der Waals surface area contributed by atoms with E-state index in [2.05, 4.69) is 0 Å². The van der Waals surface area contributed by atoms with E-state index in [1.807, 2.05) is 35.9 Å². The summed E-state index contributed by atoms with van der Waals surface area (Å²) in [5, 5.41) is 0.914. The Labute approximate surface area is 83.3 Å². The smallest absolute Gasteiger partial charge is 0.0724 e. The van der Waals surface area contributed by atoms with Gasteiger partial charge in [0.1, 0.15) is 0 Å². The van der Waals surface area contributed by atoms with E-state index in [-0.39, 0.29) is 0 Å². The number of benzene rings is 1. The largest absolute Gasteiger partial charge is 0.349 e. The Kier molecular flexibility index (Phi) is 1.89. The van der Waals surface area contributed by atoms with Crippen LogP contribution in [0.1, 0.15) is 0 Å². The van der Waals surface area contributed by atoms with Crippen LogP contribution in [0, 0.1) is 4.78 Å². The predicted octanol–water partition coefficient (Wildman–Crippen LogP) is 2.21. The third kappa shape index (κ3) is 1.32. The Bertz CT molecular complexity index is 581. The highest BCUT2D eigenvalue weighted by Gasteiger charge is 2.11. The summed E-state index contributed by atoms with van der Waals surface area (Å²) in [6.07, 6.45) is 3.23. The number of fused-ring (bicyclic) bond motifs is 1. The van der Waals surface area contributed by atoms with E-state index in [1.54, 1.807) is 6.20 Å². The molecule has 0 saturated carbocycles. The topological polar surface area (TPSA) is 45.9 Å². The van der Waals surface area contributed by atoms with Gasteiger partial charge in [-0.3, -0.25) is 0 Å². The molecule has 0 amide bonds. The van der Waals surface area contributed by atoms with E-state index in [9.17, 15) is 4.21 Å². The second-order valence-electron chi connectivity index (χ2n) is 3.47. The van der Waals surface area contributed by atoms with E-state index in [4.69, 9.17) is 4.78 Å². The fourth-order valence-electron chi connectivity index (χ4n) is 1.61. The van der Waals surface area contributed by atoms with Crippen LogP contribution in [-0.4, -0.2) is 15.0 Å². The number of hydrogen-bond acceptors (Lipinski definition) is 2. The number of nitrogens with one attached hydrogen (secondary N) is 1. The number of aromatic nitrogens is 1. The summed E-state index contributed by atoms with van der Waals surface area (Å²) >= 11 is 0. The van der Waals surface area contributed by atoms with Crippen LogP contribution in [0.15, 0.2) is 35.4 Å². The molecule has 1 aromatic heterocycles. The van der Waals surface area contributed by atoms with Gasteiger partial charge in [0.2, 0.25) is 0 Å². The van der Waals surface area contributed by atoms with Crippen molar-refractivity contribution in [3.8, 4) is 0 Å². The molecular formula is C10H12N2OS. The number of hydrogen-bond donors (Lipinski definition) is 1. The normalized spacial score (nSPS) is 15.6. The van der Waals surface area contributed by atoms with Gasteiger partial charge in [0.15, 0.2) is 0 Å². The van der Waals surface area contributed by atoms with Gasteiger partial charge < -0.3 is 4.57 Å². The molecule has 0 fully saturated rings. The van der Waals surface area contributed by atoms with E-state index < -0.39 is 9.73 Å². The molecule has 0 aliphatic carbocycles. The molecule has 0 aliphatic heterocycles. The first-order valence-corrected chi connectivity index (χ1v) is 6.24. The molecule has 2 aromatic rings. The minimum atomic E-state index is -2.63. The summed E-state index contributed by atoms with van der Waals surface area (Å²) in [6.45, 7) is 0. The Balaban J connectivity index is 2.93. The number of aryl methyl sites for hydroxylation is 1. The van der Waals surface area contributed by atoms with Crippen molar-refractivity contribution in [1.82, 2.24) is 4.57 Å². The van der Waals surface area contributed by atoms with Gasteiger partial charge >= 0.3 is 0 Å². The molecule has 0 spiro atoms. The van der Waals surface area contributed by atoms with Crippen LogP contribution >= 0.6 is 0 Å². The predicted molar refractivity (Wildman–Crippen MR) is 58.0 cm³/mol. The zero-order valence-electron chi connectivity index (χ0n) is 8.15. The molecule has 4 heteroatoms. The molecule has 3 nitrogen and oxygen atoms in total. The van der Waals surface area contributed by atoms with Crippen molar-refractivity contribution in [1.29, 1.82) is 4.78 Å². The van der Waals surface area contributed by atoms with Crippen LogP contribution < -0.4 is 0 Å². The lowest BCUT2D eigenvalue weighted by atomic mass is 10.2. The molecule has 0 aliphatic rings. The maximum Gasteiger partial charge on any atom is 0.0724 e. The SMILES string of the molecule is Cn1cc(S(C)(=N)=O)c2ccccc21. The number of nitrogens with zero attached hydrogens (tertiary/aromatic N) is 1. The second kappa shape index (κ2) is 2.85. The molecule has 14 heavy (non-hydrogen) atoms. The molecular weight excluding hydrogens is 196 g/mol. The molecule has 74 valence electrons. The molecule has 1 unspecified atom stereocenters. The highest BCUT2D eigenvalue weighted by Crippen LogP contribution is 2.24. The zero-order valence-corrected chi connectivity index (χ0v) is 8.97. The molecule has 0 saturated heterocycles. The lowest BCUT2D eigenvalue weighted by Gasteiger charge is -1.96. The first kappa shape index (κ1) is 9.27. The Morgan fingerprint density at radius 1 is 1.36 bits per heavy atom. The average Bonchev–Trinajstić information content (AvgIpc) is 2.44.